The van der Waals surface area contributed by atoms with E-state index >= 15 is 0 Å². The molecule has 5 N–H and O–H groups in total. The average molecular weight is 477 g/mol. The van der Waals surface area contributed by atoms with Crippen LogP contribution in [0.4, 0.5) is 16.3 Å². The first kappa shape index (κ1) is 26.5. The number of carbonyl (C=O) groups is 4. The van der Waals surface area contributed by atoms with E-state index < -0.39 is 35.6 Å². The van der Waals surface area contributed by atoms with Crippen LogP contribution < -0.4 is 31.6 Å². The topological polar surface area (TPSA) is 171 Å². The van der Waals surface area contributed by atoms with Gasteiger partial charge in [-0.2, -0.15) is 5.10 Å². The third-order valence-electron chi connectivity index (χ3n) is 4.67. The smallest absolute Gasteiger partial charge is 0.332 e. The van der Waals surface area contributed by atoms with Gasteiger partial charge in [0.2, 0.25) is 11.8 Å². The number of amides is 4. The summed E-state index contributed by atoms with van der Waals surface area (Å²) in [5.41, 5.74) is 6.77. The molecule has 2 rings (SSSR count). The summed E-state index contributed by atoms with van der Waals surface area (Å²) in [5, 5.41) is 9.25. The van der Waals surface area contributed by atoms with E-state index in [9.17, 15) is 19.2 Å². The van der Waals surface area contributed by atoms with Crippen LogP contribution in [0.25, 0.3) is 0 Å². The first-order chi connectivity index (χ1) is 15.9. The number of nitrogens with one attached hydrogen (secondary N) is 3. The van der Waals surface area contributed by atoms with Gasteiger partial charge in [0.05, 0.1) is 18.2 Å². The zero-order valence-corrected chi connectivity index (χ0v) is 20.0. The Kier molecular flexibility index (Phi) is 8.90. The fourth-order valence-corrected chi connectivity index (χ4v) is 3.31. The number of likely N-dealkylation sites (N-methyl/N-ethyl adjacent to an activating group) is 2. The van der Waals surface area contributed by atoms with Crippen LogP contribution in [0.3, 0.4) is 0 Å². The Labute approximate surface area is 198 Å². The molecule has 2 atom stereocenters. The molecule has 0 fully saturated rings. The van der Waals surface area contributed by atoms with Crippen molar-refractivity contribution in [3.8, 4) is 0 Å². The van der Waals surface area contributed by atoms with Crippen LogP contribution in [0.1, 0.15) is 27.2 Å². The second-order valence-corrected chi connectivity index (χ2v) is 8.71. The lowest BCUT2D eigenvalue weighted by Crippen LogP contribution is -2.52. The number of carbonyl (C=O) groups excluding carboxylic acids is 4. The molecule has 186 valence electrons. The minimum Gasteiger partial charge on any atom is -0.460 e. The van der Waals surface area contributed by atoms with Crippen LogP contribution in [0.15, 0.2) is 23.4 Å². The number of hydrogen-bond acceptors (Lipinski definition) is 9. The Morgan fingerprint density at radius 3 is 2.71 bits per heavy atom. The Morgan fingerprint density at radius 2 is 2.09 bits per heavy atom. The molecule has 13 heteroatoms. The van der Waals surface area contributed by atoms with Gasteiger partial charge in [-0.15, -0.1) is 0 Å². The summed E-state index contributed by atoms with van der Waals surface area (Å²) in [6.07, 6.45) is 2.52. The van der Waals surface area contributed by atoms with Gasteiger partial charge in [-0.3, -0.25) is 19.3 Å². The molecule has 0 radical (unpaired) electrons. The summed E-state index contributed by atoms with van der Waals surface area (Å²) < 4.78 is 5.30. The molecule has 0 spiro atoms. The second-order valence-electron chi connectivity index (χ2n) is 8.71. The number of primary amides is 1. The van der Waals surface area contributed by atoms with Crippen LogP contribution in [0.2, 0.25) is 0 Å². The number of fused-ring (bicyclic) bond motifs is 1. The fraction of sp³-hybridized carbons (Fsp3) is 0.524. The molecule has 1 aromatic rings. The molecular formula is C21H32N8O5. The number of rotatable bonds is 8. The molecule has 1 aliphatic heterocycles. The number of esters is 1. The van der Waals surface area contributed by atoms with Crippen molar-refractivity contribution in [2.45, 2.75) is 44.9 Å². The highest BCUT2D eigenvalue weighted by molar-refractivity contribution is 6.05. The lowest BCUT2D eigenvalue weighted by atomic mass is 10.1. The molecule has 2 heterocycles. The van der Waals surface area contributed by atoms with Gasteiger partial charge in [-0.25, -0.2) is 15.2 Å². The summed E-state index contributed by atoms with van der Waals surface area (Å²) in [6.45, 7) is 5.18. The number of hydrogen-bond donors (Lipinski definition) is 4. The zero-order valence-electron chi connectivity index (χ0n) is 20.0. The van der Waals surface area contributed by atoms with E-state index in [4.69, 9.17) is 10.5 Å². The van der Waals surface area contributed by atoms with Crippen molar-refractivity contribution in [2.75, 3.05) is 37.0 Å². The molecule has 0 saturated carbocycles. The number of nitrogens with zero attached hydrogens (tertiary/aromatic N) is 4. The van der Waals surface area contributed by atoms with Crippen molar-refractivity contribution >= 4 is 41.5 Å². The summed E-state index contributed by atoms with van der Waals surface area (Å²) in [5.74, 6) is -0.884. The summed E-state index contributed by atoms with van der Waals surface area (Å²) in [6, 6.07) is 0.995. The highest BCUT2D eigenvalue weighted by Crippen LogP contribution is 2.29. The molecule has 34 heavy (non-hydrogen) atoms. The monoisotopic (exact) mass is 476 g/mol. The minimum atomic E-state index is -0.924. The largest absolute Gasteiger partial charge is 0.460 e. The molecule has 1 aromatic heterocycles. The first-order valence-corrected chi connectivity index (χ1v) is 10.7. The Morgan fingerprint density at radius 1 is 1.38 bits per heavy atom. The van der Waals surface area contributed by atoms with Crippen molar-refractivity contribution in [3.63, 3.8) is 0 Å². The number of nitrogens with two attached hydrogens (primary N) is 1. The van der Waals surface area contributed by atoms with E-state index in [2.05, 4.69) is 20.7 Å². The molecule has 13 nitrogen and oxygen atoms in total. The molecule has 0 aromatic carbocycles. The summed E-state index contributed by atoms with van der Waals surface area (Å²) >= 11 is 0. The highest BCUT2D eigenvalue weighted by Gasteiger charge is 2.34. The molecule has 4 amide bonds. The molecular weight excluding hydrogens is 444 g/mol. The SMILES string of the molecule is CN[C@H]1CN(C)c2ncccc2N(CC(=O)N[C@H](/C=N\NC(N)=O)CC(=O)OC(C)(C)C)C1=O. The molecule has 1 aliphatic rings. The predicted molar refractivity (Wildman–Crippen MR) is 126 cm³/mol. The first-order valence-electron chi connectivity index (χ1n) is 10.7. The van der Waals surface area contributed by atoms with E-state index in [0.717, 1.165) is 6.21 Å². The number of aromatic nitrogens is 1. The number of anilines is 2. The standard InChI is InChI=1S/C21H32N8O5/c1-21(2,3)34-17(31)9-13(10-25-27-20(22)33)26-16(30)12-29-15-7-6-8-24-18(15)28(5)11-14(23-4)19(29)32/h6-8,10,13-14,23H,9,11-12H2,1-5H3,(H,26,30)(H3,22,27,33)/b25-10-/t13-,14-/m0/s1. The second kappa shape index (κ2) is 11.4. The summed E-state index contributed by atoms with van der Waals surface area (Å²) in [4.78, 5) is 56.8. The van der Waals surface area contributed by atoms with Gasteiger partial charge in [-0.05, 0) is 40.0 Å². The van der Waals surface area contributed by atoms with E-state index in [1.54, 1.807) is 46.1 Å². The zero-order chi connectivity index (χ0) is 25.5. The Bertz CT molecular complexity index is 945. The van der Waals surface area contributed by atoms with Crippen LogP contribution in [0.5, 0.6) is 0 Å². The van der Waals surface area contributed by atoms with Gasteiger partial charge in [-0.1, -0.05) is 0 Å². The van der Waals surface area contributed by atoms with Crippen LogP contribution in [0, 0.1) is 0 Å². The highest BCUT2D eigenvalue weighted by atomic mass is 16.6. The molecule has 0 unspecified atom stereocenters. The van der Waals surface area contributed by atoms with Crippen molar-refractivity contribution < 1.29 is 23.9 Å². The lowest BCUT2D eigenvalue weighted by Gasteiger charge is -2.25. The lowest BCUT2D eigenvalue weighted by molar-refractivity contribution is -0.155. The normalized spacial score (nSPS) is 17.1. The molecule has 0 aliphatic carbocycles. The van der Waals surface area contributed by atoms with Crippen molar-refractivity contribution in [1.29, 1.82) is 0 Å². The van der Waals surface area contributed by atoms with E-state index in [0.29, 0.717) is 18.1 Å². The number of hydrazone groups is 1. The molecule has 0 saturated heterocycles. The van der Waals surface area contributed by atoms with E-state index in [1.165, 1.54) is 4.90 Å². The van der Waals surface area contributed by atoms with Crippen LogP contribution in [-0.4, -0.2) is 79.9 Å². The van der Waals surface area contributed by atoms with Gasteiger partial charge in [0.15, 0.2) is 5.82 Å². The number of urea groups is 1. The maximum atomic E-state index is 13.2. The van der Waals surface area contributed by atoms with Crippen LogP contribution in [-0.2, 0) is 19.1 Å². The van der Waals surface area contributed by atoms with Gasteiger partial charge in [0, 0.05) is 26.0 Å². The van der Waals surface area contributed by atoms with Gasteiger partial charge in [0.1, 0.15) is 18.2 Å². The average Bonchev–Trinajstić information content (AvgIpc) is 2.82. The molecule has 0 bridgehead atoms. The Hall–Kier alpha value is -3.74. The van der Waals surface area contributed by atoms with E-state index in [1.807, 2.05) is 17.4 Å². The van der Waals surface area contributed by atoms with Gasteiger partial charge >= 0.3 is 12.0 Å². The third kappa shape index (κ3) is 7.69. The van der Waals surface area contributed by atoms with Crippen LogP contribution >= 0.6 is 0 Å². The third-order valence-corrected chi connectivity index (χ3v) is 4.67. The quantitative estimate of drug-likeness (QED) is 0.217. The van der Waals surface area contributed by atoms with Crippen molar-refractivity contribution in [3.05, 3.63) is 18.3 Å². The van der Waals surface area contributed by atoms with Crippen molar-refractivity contribution in [1.82, 2.24) is 21.0 Å². The maximum Gasteiger partial charge on any atom is 0.332 e. The summed E-state index contributed by atoms with van der Waals surface area (Å²) in [7, 11) is 3.48. The minimum absolute atomic E-state index is 0.249. The fourth-order valence-electron chi connectivity index (χ4n) is 3.31. The van der Waals surface area contributed by atoms with E-state index in [-0.39, 0.29) is 18.9 Å². The number of pyridine rings is 1. The maximum absolute atomic E-state index is 13.2. The predicted octanol–water partition coefficient (Wildman–Crippen LogP) is -0.677. The van der Waals surface area contributed by atoms with Crippen molar-refractivity contribution in [2.24, 2.45) is 10.8 Å². The Balaban J connectivity index is 2.22. The van der Waals surface area contributed by atoms with Gasteiger partial charge < -0.3 is 26.0 Å². The number of ether oxygens (including phenoxy) is 1. The van der Waals surface area contributed by atoms with Gasteiger partial charge in [0.25, 0.3) is 0 Å².